The molecule has 1 aliphatic rings. The van der Waals surface area contributed by atoms with Gasteiger partial charge in [0.2, 0.25) is 5.91 Å². The zero-order valence-electron chi connectivity index (χ0n) is 11.1. The molecule has 1 aromatic carbocycles. The number of rotatable bonds is 3. The smallest absolute Gasteiger partial charge is 0.226 e. The fraction of sp³-hybridized carbons (Fsp3) is 0.467. The summed E-state index contributed by atoms with van der Waals surface area (Å²) in [4.78, 5) is 12.1. The molecule has 1 fully saturated rings. The van der Waals surface area contributed by atoms with Crippen molar-refractivity contribution in [3.8, 4) is 6.07 Å². The minimum absolute atomic E-state index is 0.0515. The van der Waals surface area contributed by atoms with Gasteiger partial charge in [-0.1, -0.05) is 29.8 Å². The van der Waals surface area contributed by atoms with Crippen LogP contribution in [0.15, 0.2) is 24.3 Å². The van der Waals surface area contributed by atoms with E-state index in [0.29, 0.717) is 6.61 Å². The van der Waals surface area contributed by atoms with E-state index in [2.05, 4.69) is 5.32 Å². The number of hydrogen-bond donors (Lipinski definition) is 1. The highest BCUT2D eigenvalue weighted by Gasteiger charge is 2.32. The summed E-state index contributed by atoms with van der Waals surface area (Å²) in [5.41, 5.74) is 2.22. The van der Waals surface area contributed by atoms with Crippen molar-refractivity contribution in [2.45, 2.75) is 25.9 Å². The van der Waals surface area contributed by atoms with Gasteiger partial charge in [0.15, 0.2) is 0 Å². The van der Waals surface area contributed by atoms with Crippen molar-refractivity contribution < 1.29 is 9.53 Å². The molecule has 0 radical (unpaired) electrons. The first-order valence-corrected chi connectivity index (χ1v) is 6.55. The summed E-state index contributed by atoms with van der Waals surface area (Å²) in [6, 6.07) is 10.00. The number of carbonyl (C=O) groups excluding carboxylic acids is 1. The minimum Gasteiger partial charge on any atom is -0.373 e. The zero-order valence-corrected chi connectivity index (χ0v) is 11.1. The number of nitrogens with zero attached hydrogens (tertiary/aromatic N) is 1. The summed E-state index contributed by atoms with van der Waals surface area (Å²) < 4.78 is 5.77. The monoisotopic (exact) mass is 258 g/mol. The highest BCUT2D eigenvalue weighted by Crippen LogP contribution is 2.33. The summed E-state index contributed by atoms with van der Waals surface area (Å²) in [7, 11) is 0. The first-order valence-electron chi connectivity index (χ1n) is 6.55. The van der Waals surface area contributed by atoms with Crippen LogP contribution >= 0.6 is 0 Å². The van der Waals surface area contributed by atoms with Crippen molar-refractivity contribution in [3.63, 3.8) is 0 Å². The first kappa shape index (κ1) is 13.6. The molecule has 1 amide bonds. The van der Waals surface area contributed by atoms with Crippen LogP contribution in [0.2, 0.25) is 0 Å². The van der Waals surface area contributed by atoms with Gasteiger partial charge in [0.25, 0.3) is 0 Å². The van der Waals surface area contributed by atoms with Gasteiger partial charge in [-0.15, -0.1) is 0 Å². The molecule has 0 unspecified atom stereocenters. The third-order valence-corrected chi connectivity index (χ3v) is 3.41. The number of amides is 1. The number of hydrogen-bond acceptors (Lipinski definition) is 3. The molecule has 4 nitrogen and oxygen atoms in total. The highest BCUT2D eigenvalue weighted by atomic mass is 16.5. The lowest BCUT2D eigenvalue weighted by Gasteiger charge is -2.31. The third kappa shape index (κ3) is 3.33. The number of aryl methyl sites for hydroxylation is 1. The molecule has 0 saturated carbocycles. The molecule has 1 N–H and O–H groups in total. The first-order chi connectivity index (χ1) is 9.22. The lowest BCUT2D eigenvalue weighted by atomic mass is 9.88. The van der Waals surface area contributed by atoms with Crippen molar-refractivity contribution in [1.82, 2.24) is 5.32 Å². The van der Waals surface area contributed by atoms with Crippen LogP contribution in [0.3, 0.4) is 0 Å². The molecule has 1 heterocycles. The van der Waals surface area contributed by atoms with E-state index < -0.39 is 0 Å². The standard InChI is InChI=1S/C15H18N2O2/c1-11-4-6-12(7-5-11)14-13(3-2-10-19-14)15(18)17-9-8-16/h4-7,13-14H,2-3,9-10H2,1H3,(H,17,18)/t13-,14+/m1/s1. The third-order valence-electron chi connectivity index (χ3n) is 3.41. The topological polar surface area (TPSA) is 62.1 Å². The Kier molecular flexibility index (Phi) is 4.53. The number of ether oxygens (including phenoxy) is 1. The Labute approximate surface area is 113 Å². The van der Waals surface area contributed by atoms with E-state index in [1.165, 1.54) is 5.56 Å². The molecule has 1 aromatic rings. The van der Waals surface area contributed by atoms with Crippen molar-refractivity contribution >= 4 is 5.91 Å². The largest absolute Gasteiger partial charge is 0.373 e. The molecular weight excluding hydrogens is 240 g/mol. The maximum absolute atomic E-state index is 12.1. The van der Waals surface area contributed by atoms with E-state index in [0.717, 1.165) is 18.4 Å². The van der Waals surface area contributed by atoms with Gasteiger partial charge >= 0.3 is 0 Å². The number of nitrogens with one attached hydrogen (secondary N) is 1. The van der Waals surface area contributed by atoms with Gasteiger partial charge in [0.05, 0.1) is 18.1 Å². The van der Waals surface area contributed by atoms with Gasteiger partial charge in [-0.25, -0.2) is 0 Å². The van der Waals surface area contributed by atoms with Crippen molar-refractivity contribution in [1.29, 1.82) is 5.26 Å². The maximum Gasteiger partial charge on any atom is 0.226 e. The summed E-state index contributed by atoms with van der Waals surface area (Å²) in [5.74, 6) is -0.295. The molecule has 0 aromatic heterocycles. The normalized spacial score (nSPS) is 22.5. The maximum atomic E-state index is 12.1. The number of nitriles is 1. The molecule has 0 spiro atoms. The number of carbonyl (C=O) groups is 1. The second-order valence-electron chi connectivity index (χ2n) is 4.83. The van der Waals surface area contributed by atoms with Crippen molar-refractivity contribution in [3.05, 3.63) is 35.4 Å². The molecule has 100 valence electrons. The fourth-order valence-electron chi connectivity index (χ4n) is 2.39. The van der Waals surface area contributed by atoms with Crippen molar-refractivity contribution in [2.75, 3.05) is 13.2 Å². The van der Waals surface area contributed by atoms with Crippen LogP contribution < -0.4 is 5.32 Å². The minimum atomic E-state index is -0.204. The lowest BCUT2D eigenvalue weighted by molar-refractivity contribution is -0.134. The van der Waals surface area contributed by atoms with E-state index in [-0.39, 0.29) is 24.5 Å². The highest BCUT2D eigenvalue weighted by molar-refractivity contribution is 5.79. The average molecular weight is 258 g/mol. The van der Waals surface area contributed by atoms with Crippen LogP contribution in [0.4, 0.5) is 0 Å². The average Bonchev–Trinajstić information content (AvgIpc) is 2.45. The fourth-order valence-corrected chi connectivity index (χ4v) is 2.39. The predicted molar refractivity (Wildman–Crippen MR) is 71.2 cm³/mol. The van der Waals surface area contributed by atoms with E-state index >= 15 is 0 Å². The molecule has 2 rings (SSSR count). The van der Waals surface area contributed by atoms with Gasteiger partial charge in [-0.3, -0.25) is 4.79 Å². The van der Waals surface area contributed by atoms with Crippen LogP contribution in [-0.4, -0.2) is 19.1 Å². The van der Waals surface area contributed by atoms with Crippen LogP contribution in [0.1, 0.15) is 30.1 Å². The molecule has 0 aliphatic carbocycles. The molecule has 1 saturated heterocycles. The van der Waals surface area contributed by atoms with Crippen molar-refractivity contribution in [2.24, 2.45) is 5.92 Å². The molecule has 19 heavy (non-hydrogen) atoms. The van der Waals surface area contributed by atoms with Gasteiger partial charge in [0.1, 0.15) is 6.54 Å². The van der Waals surface area contributed by atoms with E-state index in [4.69, 9.17) is 10.00 Å². The van der Waals surface area contributed by atoms with E-state index in [9.17, 15) is 4.79 Å². The SMILES string of the molecule is Cc1ccc([C@@H]2OCCC[C@H]2C(=O)NCC#N)cc1. The Morgan fingerprint density at radius 3 is 2.89 bits per heavy atom. The van der Waals surface area contributed by atoms with E-state index in [1.807, 2.05) is 37.3 Å². The van der Waals surface area contributed by atoms with Crippen LogP contribution in [0, 0.1) is 24.2 Å². The molecular formula is C15H18N2O2. The molecule has 1 aliphatic heterocycles. The lowest BCUT2D eigenvalue weighted by Crippen LogP contribution is -2.37. The molecule has 2 atom stereocenters. The Balaban J connectivity index is 2.14. The van der Waals surface area contributed by atoms with Gasteiger partial charge < -0.3 is 10.1 Å². The van der Waals surface area contributed by atoms with Gasteiger partial charge in [-0.2, -0.15) is 5.26 Å². The Morgan fingerprint density at radius 1 is 1.47 bits per heavy atom. The summed E-state index contributed by atoms with van der Waals surface area (Å²) >= 11 is 0. The summed E-state index contributed by atoms with van der Waals surface area (Å²) in [5, 5.41) is 11.2. The van der Waals surface area contributed by atoms with Crippen LogP contribution in [-0.2, 0) is 9.53 Å². The zero-order chi connectivity index (χ0) is 13.7. The molecule has 0 bridgehead atoms. The Bertz CT molecular complexity index is 476. The molecule has 4 heteroatoms. The predicted octanol–water partition coefficient (Wildman–Crippen LogP) is 2.10. The van der Waals surface area contributed by atoms with Crippen LogP contribution in [0.25, 0.3) is 0 Å². The van der Waals surface area contributed by atoms with Crippen LogP contribution in [0.5, 0.6) is 0 Å². The second-order valence-corrected chi connectivity index (χ2v) is 4.83. The van der Waals surface area contributed by atoms with Gasteiger partial charge in [-0.05, 0) is 25.3 Å². The summed E-state index contributed by atoms with van der Waals surface area (Å²) in [6.45, 7) is 2.76. The number of benzene rings is 1. The van der Waals surface area contributed by atoms with Gasteiger partial charge in [0, 0.05) is 6.61 Å². The quantitative estimate of drug-likeness (QED) is 0.844. The summed E-state index contributed by atoms with van der Waals surface area (Å²) in [6.07, 6.45) is 1.48. The second kappa shape index (κ2) is 6.35. The Morgan fingerprint density at radius 2 is 2.21 bits per heavy atom. The van der Waals surface area contributed by atoms with E-state index in [1.54, 1.807) is 0 Å². The Hall–Kier alpha value is -1.86.